The molecule has 224 valence electrons. The zero-order valence-corrected chi connectivity index (χ0v) is 24.9. The predicted octanol–water partition coefficient (Wildman–Crippen LogP) is 4.01. The Kier molecular flexibility index (Phi) is 9.30. The van der Waals surface area contributed by atoms with Gasteiger partial charge in [0.1, 0.15) is 12.1 Å². The summed E-state index contributed by atoms with van der Waals surface area (Å²) in [5.41, 5.74) is 5.27. The fraction of sp³-hybridized carbons (Fsp3) is 0.839. The van der Waals surface area contributed by atoms with Gasteiger partial charge in [-0.25, -0.2) is 4.79 Å². The molecule has 40 heavy (non-hydrogen) atoms. The molecule has 3 saturated carbocycles. The summed E-state index contributed by atoms with van der Waals surface area (Å²) in [5, 5.41) is 2.90. The van der Waals surface area contributed by atoms with Crippen LogP contribution in [0.1, 0.15) is 98.8 Å². The van der Waals surface area contributed by atoms with Crippen molar-refractivity contribution in [2.45, 2.75) is 117 Å². The quantitative estimate of drug-likeness (QED) is 0.347. The standard InChI is InChI=1S/C31H49N3O6/c1-17(2)18(3)40-30(39)33-25(20-12-7-6-8-13-20)29(38)34-16-22-24(31(22,4)5)26(34)23(35)15-21(27(36)28(32)37)14-19-10-9-11-19/h17-22,24-26H,6-16H2,1-5H3,(H2,32,37)(H,33,39)/t18-,21?,22+,24+,25+,26-/m1/s1. The third kappa shape index (κ3) is 6.38. The molecule has 9 heteroatoms. The van der Waals surface area contributed by atoms with Crippen LogP contribution in [0, 0.1) is 40.9 Å². The molecule has 3 N–H and O–H groups in total. The highest BCUT2D eigenvalue weighted by molar-refractivity contribution is 6.36. The van der Waals surface area contributed by atoms with Crippen LogP contribution >= 0.6 is 0 Å². The minimum absolute atomic E-state index is 0.00287. The summed E-state index contributed by atoms with van der Waals surface area (Å²) in [6.45, 7) is 10.5. The van der Waals surface area contributed by atoms with Gasteiger partial charge in [0.15, 0.2) is 5.78 Å². The van der Waals surface area contributed by atoms with Gasteiger partial charge in [0.2, 0.25) is 11.7 Å². The first kappa shape index (κ1) is 30.5. The minimum atomic E-state index is -1.00. The van der Waals surface area contributed by atoms with Crippen LogP contribution in [0.2, 0.25) is 0 Å². The fourth-order valence-electron chi connectivity index (χ4n) is 7.35. The van der Waals surface area contributed by atoms with E-state index in [1.165, 1.54) is 0 Å². The average molecular weight is 560 g/mol. The van der Waals surface area contributed by atoms with Crippen molar-refractivity contribution in [2.75, 3.05) is 6.54 Å². The summed E-state index contributed by atoms with van der Waals surface area (Å²) in [7, 11) is 0. The van der Waals surface area contributed by atoms with Crippen molar-refractivity contribution in [3.63, 3.8) is 0 Å². The van der Waals surface area contributed by atoms with E-state index in [0.717, 1.165) is 51.4 Å². The zero-order chi connectivity index (χ0) is 29.4. The smallest absolute Gasteiger partial charge is 0.408 e. The van der Waals surface area contributed by atoms with E-state index in [1.54, 1.807) is 4.90 Å². The molecule has 1 unspecified atom stereocenters. The number of ether oxygens (including phenoxy) is 1. The van der Waals surface area contributed by atoms with Crippen LogP contribution in [-0.2, 0) is 23.9 Å². The van der Waals surface area contributed by atoms with Gasteiger partial charge in [-0.15, -0.1) is 0 Å². The number of hydrogen-bond acceptors (Lipinski definition) is 6. The summed E-state index contributed by atoms with van der Waals surface area (Å²) >= 11 is 0. The number of carbonyl (C=O) groups is 5. The average Bonchev–Trinajstić information content (AvgIpc) is 3.21. The molecule has 3 amide bonds. The molecule has 0 radical (unpaired) electrons. The van der Waals surface area contributed by atoms with E-state index >= 15 is 0 Å². The van der Waals surface area contributed by atoms with Gasteiger partial charge in [-0.2, -0.15) is 0 Å². The molecule has 1 heterocycles. The number of amides is 3. The third-order valence-electron chi connectivity index (χ3n) is 10.6. The van der Waals surface area contributed by atoms with Crippen LogP contribution in [-0.4, -0.2) is 59.1 Å². The molecule has 0 spiro atoms. The Bertz CT molecular complexity index is 999. The summed E-state index contributed by atoms with van der Waals surface area (Å²) in [6.07, 6.45) is 7.31. The molecular weight excluding hydrogens is 510 g/mol. The predicted molar refractivity (Wildman–Crippen MR) is 150 cm³/mol. The molecule has 0 bridgehead atoms. The molecule has 4 aliphatic rings. The molecule has 9 nitrogen and oxygen atoms in total. The first-order valence-electron chi connectivity index (χ1n) is 15.5. The van der Waals surface area contributed by atoms with E-state index in [-0.39, 0.29) is 53.3 Å². The van der Waals surface area contributed by atoms with Crippen LogP contribution in [0.15, 0.2) is 0 Å². The number of nitrogens with one attached hydrogen (secondary N) is 1. The maximum Gasteiger partial charge on any atom is 0.408 e. The number of Topliss-reactive ketones (excluding diaryl/α,β-unsaturated/α-hetero) is 2. The number of ketones is 2. The maximum atomic E-state index is 14.2. The molecule has 0 aromatic heterocycles. The van der Waals surface area contributed by atoms with E-state index in [9.17, 15) is 24.0 Å². The van der Waals surface area contributed by atoms with Gasteiger partial charge >= 0.3 is 6.09 Å². The highest BCUT2D eigenvalue weighted by Crippen LogP contribution is 2.65. The summed E-state index contributed by atoms with van der Waals surface area (Å²) in [6, 6.07) is -1.43. The van der Waals surface area contributed by atoms with Crippen molar-refractivity contribution in [2.24, 2.45) is 46.7 Å². The SMILES string of the molecule is CC(C)[C@@H](C)OC(=O)N[C@H](C(=O)N1C[C@H]2[C@@H]([C@H]1C(=O)CC(CC1CCC1)C(=O)C(N)=O)C2(C)C)C1CCCCC1. The van der Waals surface area contributed by atoms with E-state index < -0.39 is 35.8 Å². The van der Waals surface area contributed by atoms with Crippen molar-refractivity contribution < 1.29 is 28.7 Å². The number of nitrogens with two attached hydrogens (primary N) is 1. The van der Waals surface area contributed by atoms with Crippen molar-refractivity contribution in [1.82, 2.24) is 10.2 Å². The van der Waals surface area contributed by atoms with Crippen LogP contribution in [0.25, 0.3) is 0 Å². The number of primary amides is 1. The van der Waals surface area contributed by atoms with E-state index in [2.05, 4.69) is 19.2 Å². The van der Waals surface area contributed by atoms with Crippen LogP contribution in [0.4, 0.5) is 4.79 Å². The molecule has 4 rings (SSSR count). The molecule has 4 fully saturated rings. The van der Waals surface area contributed by atoms with E-state index in [4.69, 9.17) is 10.5 Å². The number of nitrogens with zero attached hydrogens (tertiary/aromatic N) is 1. The molecule has 1 aliphatic heterocycles. The lowest BCUT2D eigenvalue weighted by Gasteiger charge is -2.37. The monoisotopic (exact) mass is 559 g/mol. The van der Waals surface area contributed by atoms with Crippen molar-refractivity contribution in [3.8, 4) is 0 Å². The van der Waals surface area contributed by atoms with Gasteiger partial charge in [0.05, 0.1) is 6.04 Å². The Morgan fingerprint density at radius 2 is 1.62 bits per heavy atom. The number of hydrogen-bond donors (Lipinski definition) is 2. The highest BCUT2D eigenvalue weighted by Gasteiger charge is 2.69. The maximum absolute atomic E-state index is 14.2. The Morgan fingerprint density at radius 1 is 0.975 bits per heavy atom. The van der Waals surface area contributed by atoms with Gasteiger partial charge < -0.3 is 20.7 Å². The van der Waals surface area contributed by atoms with E-state index in [0.29, 0.717) is 18.9 Å². The zero-order valence-electron chi connectivity index (χ0n) is 24.9. The Morgan fingerprint density at radius 3 is 2.17 bits per heavy atom. The van der Waals surface area contributed by atoms with Crippen LogP contribution in [0.3, 0.4) is 0 Å². The first-order valence-corrected chi connectivity index (χ1v) is 15.5. The lowest BCUT2D eigenvalue weighted by molar-refractivity contribution is -0.144. The lowest BCUT2D eigenvalue weighted by atomic mass is 9.76. The second-order valence-electron chi connectivity index (χ2n) is 13.9. The van der Waals surface area contributed by atoms with Crippen molar-refractivity contribution in [3.05, 3.63) is 0 Å². The highest BCUT2D eigenvalue weighted by atomic mass is 16.6. The summed E-state index contributed by atoms with van der Waals surface area (Å²) in [5.74, 6) is -2.22. The number of alkyl carbamates (subject to hydrolysis) is 1. The number of likely N-dealkylation sites (tertiary alicyclic amines) is 1. The van der Waals surface area contributed by atoms with E-state index in [1.807, 2.05) is 20.8 Å². The van der Waals surface area contributed by atoms with Gasteiger partial charge in [-0.05, 0) is 61.2 Å². The van der Waals surface area contributed by atoms with Crippen molar-refractivity contribution in [1.29, 1.82) is 0 Å². The van der Waals surface area contributed by atoms with Gasteiger partial charge in [0, 0.05) is 18.9 Å². The second kappa shape index (κ2) is 12.2. The van der Waals surface area contributed by atoms with Crippen LogP contribution < -0.4 is 11.1 Å². The molecular formula is C31H49N3O6. The molecule has 6 atom stereocenters. The number of rotatable bonds is 12. The summed E-state index contributed by atoms with van der Waals surface area (Å²) in [4.78, 5) is 67.2. The Balaban J connectivity index is 1.54. The number of fused-ring (bicyclic) bond motifs is 1. The van der Waals surface area contributed by atoms with Crippen LogP contribution in [0.5, 0.6) is 0 Å². The van der Waals surface area contributed by atoms with Gasteiger partial charge in [-0.1, -0.05) is 66.2 Å². The summed E-state index contributed by atoms with van der Waals surface area (Å²) < 4.78 is 5.57. The topological polar surface area (TPSA) is 136 Å². The fourth-order valence-corrected chi connectivity index (χ4v) is 7.35. The first-order chi connectivity index (χ1) is 18.8. The van der Waals surface area contributed by atoms with Gasteiger partial charge in [0.25, 0.3) is 5.91 Å². The van der Waals surface area contributed by atoms with Gasteiger partial charge in [-0.3, -0.25) is 19.2 Å². The minimum Gasteiger partial charge on any atom is -0.446 e. The normalized spacial score (nSPS) is 28.1. The molecule has 0 aromatic carbocycles. The Labute approximate surface area is 238 Å². The molecule has 3 aliphatic carbocycles. The second-order valence-corrected chi connectivity index (χ2v) is 13.9. The number of carbonyl (C=O) groups excluding carboxylic acids is 5. The largest absolute Gasteiger partial charge is 0.446 e. The molecule has 0 aromatic rings. The van der Waals surface area contributed by atoms with Crippen molar-refractivity contribution >= 4 is 29.5 Å². The number of piperidine rings is 1. The molecule has 1 saturated heterocycles. The third-order valence-corrected chi connectivity index (χ3v) is 10.6. The lowest BCUT2D eigenvalue weighted by Crippen LogP contribution is -2.57. The Hall–Kier alpha value is -2.45.